The summed E-state index contributed by atoms with van der Waals surface area (Å²) in [5.74, 6) is 7.96. The Morgan fingerprint density at radius 2 is 0.425 bits per heavy atom. The summed E-state index contributed by atoms with van der Waals surface area (Å²) >= 11 is 0. The molecule has 2 N–H and O–H groups in total. The van der Waals surface area contributed by atoms with Crippen molar-refractivity contribution >= 4 is 46.7 Å². The maximum absolute atomic E-state index is 7.96. The third-order valence-corrected chi connectivity index (χ3v) is 16.5. The summed E-state index contributed by atoms with van der Waals surface area (Å²) in [6, 6.07) is 65.2. The Hall–Kier alpha value is -3.90. The highest BCUT2D eigenvalue weighted by molar-refractivity contribution is 8.06. The van der Waals surface area contributed by atoms with Crippen LogP contribution in [0.15, 0.2) is 182 Å². The number of nitrogens with zero attached hydrogens (tertiary/aromatic N) is 1. The summed E-state index contributed by atoms with van der Waals surface area (Å²) in [6.07, 6.45) is 0. The second-order valence-electron chi connectivity index (χ2n) is 9.60. The fourth-order valence-corrected chi connectivity index (χ4v) is 16.0. The summed E-state index contributed by atoms with van der Waals surface area (Å²) < 4.78 is 2.32. The van der Waals surface area contributed by atoms with E-state index in [-0.39, 0.29) is 0 Å². The van der Waals surface area contributed by atoms with Crippen LogP contribution in [0, 0.1) is 0 Å². The van der Waals surface area contributed by atoms with E-state index in [9.17, 15) is 0 Å². The zero-order valence-corrected chi connectivity index (χ0v) is 24.0. The van der Waals surface area contributed by atoms with Gasteiger partial charge < -0.3 is 0 Å². The standard InChI is InChI=1S/C36H32N2P2/c37-38(39(31-19-7-1-8-20-31,32-21-9-2-10-22-32)33-23-11-3-12-24-33)40(34-25-13-4-14-26-34,35-27-15-5-16-28-35)36-29-17-6-18-30-36/h1-30H,37H2/q+2. The fourth-order valence-electron chi connectivity index (χ4n) is 5.67. The van der Waals surface area contributed by atoms with Crippen LogP contribution in [0.3, 0.4) is 0 Å². The van der Waals surface area contributed by atoms with E-state index in [2.05, 4.69) is 187 Å². The molecule has 0 saturated heterocycles. The second-order valence-corrected chi connectivity index (χ2v) is 16.4. The molecular weight excluding hydrogens is 522 g/mol. The van der Waals surface area contributed by atoms with E-state index >= 15 is 0 Å². The highest BCUT2D eigenvalue weighted by Gasteiger charge is 2.66. The van der Waals surface area contributed by atoms with Gasteiger partial charge >= 0.3 is 0 Å². The van der Waals surface area contributed by atoms with Gasteiger partial charge in [-0.15, -0.1) is 0 Å². The maximum Gasteiger partial charge on any atom is 0.238 e. The normalized spacial score (nSPS) is 11.8. The van der Waals surface area contributed by atoms with Gasteiger partial charge in [0, 0.05) is 4.55 Å². The molecule has 40 heavy (non-hydrogen) atoms. The molecule has 2 nitrogen and oxygen atoms in total. The summed E-state index contributed by atoms with van der Waals surface area (Å²) in [7, 11) is -5.20. The van der Waals surface area contributed by atoms with Gasteiger partial charge in [-0.1, -0.05) is 109 Å². The van der Waals surface area contributed by atoms with Crippen LogP contribution in [0.25, 0.3) is 0 Å². The number of rotatable bonds is 8. The molecule has 0 amide bonds. The van der Waals surface area contributed by atoms with Gasteiger partial charge in [0.15, 0.2) is 0 Å². The maximum atomic E-state index is 7.96. The van der Waals surface area contributed by atoms with Crippen molar-refractivity contribution in [3.8, 4) is 0 Å². The average molecular weight is 555 g/mol. The van der Waals surface area contributed by atoms with E-state index in [1.54, 1.807) is 0 Å². The van der Waals surface area contributed by atoms with Gasteiger partial charge in [0.25, 0.3) is 0 Å². The van der Waals surface area contributed by atoms with Crippen molar-refractivity contribution in [2.24, 2.45) is 5.84 Å². The molecule has 0 heterocycles. The lowest BCUT2D eigenvalue weighted by Crippen LogP contribution is -2.53. The SMILES string of the molecule is NN([P+](c1ccccc1)(c1ccccc1)c1ccccc1)[P+](c1ccccc1)(c1ccccc1)c1ccccc1. The van der Waals surface area contributed by atoms with Gasteiger partial charge in [-0.05, 0) is 72.8 Å². The Kier molecular flexibility index (Phi) is 7.69. The summed E-state index contributed by atoms with van der Waals surface area (Å²) in [5.41, 5.74) is 0. The van der Waals surface area contributed by atoms with Crippen LogP contribution in [0.2, 0.25) is 0 Å². The lowest BCUT2D eigenvalue weighted by molar-refractivity contribution is 0.771. The quantitative estimate of drug-likeness (QED) is 0.143. The zero-order chi connectivity index (χ0) is 27.3. The van der Waals surface area contributed by atoms with Crippen molar-refractivity contribution in [1.82, 2.24) is 4.55 Å². The molecule has 6 rings (SSSR count). The smallest absolute Gasteiger partial charge is 0.202 e. The molecule has 0 fully saturated rings. The van der Waals surface area contributed by atoms with E-state index < -0.39 is 14.8 Å². The first kappa shape index (κ1) is 26.3. The Balaban J connectivity index is 1.81. The number of hydrogen-bond donors (Lipinski definition) is 1. The van der Waals surface area contributed by atoms with Crippen LogP contribution >= 0.6 is 14.8 Å². The van der Waals surface area contributed by atoms with E-state index in [0.717, 1.165) is 0 Å². The van der Waals surface area contributed by atoms with Crippen molar-refractivity contribution in [2.75, 3.05) is 0 Å². The molecule has 0 aromatic heterocycles. The predicted molar refractivity (Wildman–Crippen MR) is 176 cm³/mol. The van der Waals surface area contributed by atoms with Gasteiger partial charge in [0.1, 0.15) is 31.8 Å². The summed E-state index contributed by atoms with van der Waals surface area (Å²) in [4.78, 5) is 0. The third kappa shape index (κ3) is 4.40. The molecule has 4 heteroatoms. The average Bonchev–Trinajstić information content (AvgIpc) is 3.05. The highest BCUT2D eigenvalue weighted by Crippen LogP contribution is 2.73. The van der Waals surface area contributed by atoms with E-state index in [1.807, 2.05) is 0 Å². The molecule has 0 aliphatic carbocycles. The Morgan fingerprint density at radius 3 is 0.575 bits per heavy atom. The molecule has 0 unspecified atom stereocenters. The van der Waals surface area contributed by atoms with E-state index in [4.69, 9.17) is 5.84 Å². The molecule has 0 bridgehead atoms. The predicted octanol–water partition coefficient (Wildman–Crippen LogP) is 5.98. The fraction of sp³-hybridized carbons (Fsp3) is 0. The Morgan fingerprint density at radius 1 is 0.275 bits per heavy atom. The van der Waals surface area contributed by atoms with E-state index in [1.165, 1.54) is 31.8 Å². The molecule has 0 aliphatic heterocycles. The number of hydrogen-bond acceptors (Lipinski definition) is 2. The van der Waals surface area contributed by atoms with Gasteiger partial charge in [-0.2, -0.15) is 0 Å². The van der Waals surface area contributed by atoms with Gasteiger partial charge in [-0.3, -0.25) is 0 Å². The number of hydrazine groups is 1. The topological polar surface area (TPSA) is 29.3 Å². The minimum atomic E-state index is -2.60. The van der Waals surface area contributed by atoms with Crippen LogP contribution in [-0.4, -0.2) is 4.55 Å². The van der Waals surface area contributed by atoms with Gasteiger partial charge in [0.05, 0.1) is 0 Å². The van der Waals surface area contributed by atoms with Crippen LogP contribution in [0.4, 0.5) is 0 Å². The van der Waals surface area contributed by atoms with Crippen molar-refractivity contribution in [3.05, 3.63) is 182 Å². The first-order valence-electron chi connectivity index (χ1n) is 13.5. The van der Waals surface area contributed by atoms with Crippen molar-refractivity contribution in [3.63, 3.8) is 0 Å². The molecule has 194 valence electrons. The van der Waals surface area contributed by atoms with Crippen molar-refractivity contribution in [2.45, 2.75) is 0 Å². The molecule has 0 spiro atoms. The molecule has 6 aromatic carbocycles. The zero-order valence-electron chi connectivity index (χ0n) is 22.2. The van der Waals surface area contributed by atoms with Gasteiger partial charge in [0.2, 0.25) is 14.8 Å². The van der Waals surface area contributed by atoms with Crippen molar-refractivity contribution < 1.29 is 0 Å². The number of nitrogens with two attached hydrogens (primary N) is 1. The first-order valence-corrected chi connectivity index (χ1v) is 16.9. The van der Waals surface area contributed by atoms with E-state index in [0.29, 0.717) is 0 Å². The molecular formula is C36H32N2P2+2. The third-order valence-electron chi connectivity index (χ3n) is 7.39. The molecule has 0 aliphatic rings. The molecule has 0 saturated carbocycles. The van der Waals surface area contributed by atoms with Crippen LogP contribution < -0.4 is 37.7 Å². The Bertz CT molecular complexity index is 1310. The largest absolute Gasteiger partial charge is 0.238 e. The molecule has 6 aromatic rings. The van der Waals surface area contributed by atoms with Crippen LogP contribution in [0.1, 0.15) is 0 Å². The second kappa shape index (κ2) is 11.7. The summed E-state index contributed by atoms with van der Waals surface area (Å²) in [6.45, 7) is 0. The Labute approximate surface area is 238 Å². The van der Waals surface area contributed by atoms with Crippen LogP contribution in [-0.2, 0) is 0 Å². The minimum absolute atomic E-state index is 1.22. The lowest BCUT2D eigenvalue weighted by Gasteiger charge is -2.39. The minimum Gasteiger partial charge on any atom is -0.202 e. The monoisotopic (exact) mass is 554 g/mol. The summed E-state index contributed by atoms with van der Waals surface area (Å²) in [5, 5.41) is 7.34. The molecule has 0 atom stereocenters. The van der Waals surface area contributed by atoms with Crippen LogP contribution in [0.5, 0.6) is 0 Å². The highest BCUT2D eigenvalue weighted by atomic mass is 31.2. The first-order chi connectivity index (χ1) is 19.8. The molecule has 0 radical (unpaired) electrons. The van der Waals surface area contributed by atoms with Gasteiger partial charge in [-0.25, -0.2) is 5.84 Å². The lowest BCUT2D eigenvalue weighted by atomic mass is 10.4. The van der Waals surface area contributed by atoms with Crippen molar-refractivity contribution in [1.29, 1.82) is 0 Å². The number of benzene rings is 6.